The normalized spacial score (nSPS) is 17.3. The summed E-state index contributed by atoms with van der Waals surface area (Å²) in [6.45, 7) is 0.138. The van der Waals surface area contributed by atoms with Crippen LogP contribution in [0.25, 0.3) is 5.76 Å². The number of Topliss-reactive ketones (excluding diaryl/α,β-unsaturated/α-hetero) is 1. The standard InChI is InChI=1S/C25H21ClFNO6/c1-32-19-13-20(33-2)17(26)12-16(19)23(29)21-22(18-4-3-11-34-18)28(25(31)24(21)30)10-9-14-5-7-15(27)8-6-14/h3-8,11-13,22,29H,9-10H2,1-2H3/b23-21-. The van der Waals surface area contributed by atoms with E-state index >= 15 is 0 Å². The number of carbonyl (C=O) groups excluding carboxylic acids is 2. The number of amides is 1. The Labute approximate surface area is 200 Å². The first-order chi connectivity index (χ1) is 16.3. The zero-order valence-corrected chi connectivity index (χ0v) is 19.1. The summed E-state index contributed by atoms with van der Waals surface area (Å²) in [6.07, 6.45) is 1.78. The van der Waals surface area contributed by atoms with E-state index in [1.165, 1.54) is 49.6 Å². The lowest BCUT2D eigenvalue weighted by atomic mass is 9.98. The van der Waals surface area contributed by atoms with Gasteiger partial charge in [0.25, 0.3) is 11.7 Å². The summed E-state index contributed by atoms with van der Waals surface area (Å²) in [6, 6.07) is 11.0. The van der Waals surface area contributed by atoms with Crippen LogP contribution >= 0.6 is 11.6 Å². The Bertz CT molecular complexity index is 1250. The SMILES string of the molecule is COc1cc(OC)c(/C(O)=C2/C(=O)C(=O)N(CCc3ccc(F)cc3)C2c2ccco2)cc1Cl. The van der Waals surface area contributed by atoms with Crippen LogP contribution in [0.2, 0.25) is 5.02 Å². The molecular formula is C25H21ClFNO6. The Morgan fingerprint density at radius 1 is 1.12 bits per heavy atom. The van der Waals surface area contributed by atoms with Gasteiger partial charge < -0.3 is 23.9 Å². The number of halogens is 2. The summed E-state index contributed by atoms with van der Waals surface area (Å²) in [5, 5.41) is 11.4. The number of benzene rings is 2. The van der Waals surface area contributed by atoms with Crippen molar-refractivity contribution in [1.82, 2.24) is 4.90 Å². The number of rotatable bonds is 7. The maximum Gasteiger partial charge on any atom is 0.295 e. The van der Waals surface area contributed by atoms with Crippen molar-refractivity contribution < 1.29 is 33.0 Å². The van der Waals surface area contributed by atoms with E-state index in [1.807, 2.05) is 0 Å². The van der Waals surface area contributed by atoms with Crippen molar-refractivity contribution in [3.8, 4) is 11.5 Å². The molecule has 2 aromatic carbocycles. The smallest absolute Gasteiger partial charge is 0.295 e. The van der Waals surface area contributed by atoms with Gasteiger partial charge in [-0.1, -0.05) is 23.7 Å². The fourth-order valence-corrected chi connectivity index (χ4v) is 4.18. The van der Waals surface area contributed by atoms with Crippen molar-refractivity contribution in [2.45, 2.75) is 12.5 Å². The number of hydrogen-bond acceptors (Lipinski definition) is 6. The Morgan fingerprint density at radius 2 is 1.82 bits per heavy atom. The first-order valence-electron chi connectivity index (χ1n) is 10.3. The van der Waals surface area contributed by atoms with Crippen LogP contribution < -0.4 is 9.47 Å². The van der Waals surface area contributed by atoms with Crippen LogP contribution in [0.5, 0.6) is 11.5 Å². The van der Waals surface area contributed by atoms with E-state index in [-0.39, 0.29) is 34.3 Å². The number of hydrogen-bond donors (Lipinski definition) is 1. The molecule has 7 nitrogen and oxygen atoms in total. The van der Waals surface area contributed by atoms with Gasteiger partial charge in [-0.05, 0) is 42.3 Å². The highest BCUT2D eigenvalue weighted by atomic mass is 35.5. The Kier molecular flexibility index (Phi) is 6.61. The quantitative estimate of drug-likeness (QED) is 0.295. The fraction of sp³-hybridized carbons (Fsp3) is 0.200. The molecule has 0 aliphatic carbocycles. The number of nitrogens with zero attached hydrogens (tertiary/aromatic N) is 1. The molecule has 0 saturated carbocycles. The lowest BCUT2D eigenvalue weighted by Crippen LogP contribution is -2.31. The molecule has 9 heteroatoms. The molecule has 1 aliphatic heterocycles. The predicted octanol–water partition coefficient (Wildman–Crippen LogP) is 4.75. The summed E-state index contributed by atoms with van der Waals surface area (Å²) >= 11 is 6.25. The van der Waals surface area contributed by atoms with Crippen molar-refractivity contribution in [2.24, 2.45) is 0 Å². The molecule has 1 atom stereocenters. The van der Waals surface area contributed by atoms with Gasteiger partial charge in [0, 0.05) is 12.6 Å². The zero-order chi connectivity index (χ0) is 24.4. The summed E-state index contributed by atoms with van der Waals surface area (Å²) in [5.41, 5.74) is 0.755. The molecule has 0 bridgehead atoms. The number of carbonyl (C=O) groups is 2. The van der Waals surface area contributed by atoms with E-state index in [2.05, 4.69) is 0 Å². The minimum Gasteiger partial charge on any atom is -0.507 e. The molecule has 176 valence electrons. The molecule has 1 fully saturated rings. The summed E-state index contributed by atoms with van der Waals surface area (Å²) in [5.74, 6) is -1.65. The monoisotopic (exact) mass is 485 g/mol. The van der Waals surface area contributed by atoms with Gasteiger partial charge in [0.1, 0.15) is 34.9 Å². The maximum atomic E-state index is 13.2. The number of likely N-dealkylation sites (tertiary alicyclic amines) is 1. The van der Waals surface area contributed by atoms with Gasteiger partial charge >= 0.3 is 0 Å². The fourth-order valence-electron chi connectivity index (χ4n) is 3.94. The third kappa shape index (κ3) is 4.24. The molecule has 1 aliphatic rings. The summed E-state index contributed by atoms with van der Waals surface area (Å²) in [7, 11) is 2.83. The third-order valence-electron chi connectivity index (χ3n) is 5.64. The molecule has 1 N–H and O–H groups in total. The van der Waals surface area contributed by atoms with Crippen LogP contribution in [-0.4, -0.2) is 42.5 Å². The molecule has 0 radical (unpaired) electrons. The highest BCUT2D eigenvalue weighted by Crippen LogP contribution is 2.43. The van der Waals surface area contributed by atoms with Crippen LogP contribution in [0.3, 0.4) is 0 Å². The van der Waals surface area contributed by atoms with Crippen molar-refractivity contribution >= 4 is 29.1 Å². The van der Waals surface area contributed by atoms with Gasteiger partial charge in [-0.25, -0.2) is 4.39 Å². The van der Waals surface area contributed by atoms with Crippen LogP contribution in [0.15, 0.2) is 64.8 Å². The maximum absolute atomic E-state index is 13.2. The second-order valence-corrected chi connectivity index (χ2v) is 7.98. The third-order valence-corrected chi connectivity index (χ3v) is 5.93. The largest absolute Gasteiger partial charge is 0.507 e. The molecule has 1 aromatic heterocycles. The first kappa shape index (κ1) is 23.4. The van der Waals surface area contributed by atoms with E-state index in [9.17, 15) is 19.1 Å². The number of aliphatic hydroxyl groups is 1. The molecule has 34 heavy (non-hydrogen) atoms. The van der Waals surface area contributed by atoms with Crippen LogP contribution in [-0.2, 0) is 16.0 Å². The Morgan fingerprint density at radius 3 is 2.44 bits per heavy atom. The van der Waals surface area contributed by atoms with Gasteiger partial charge in [-0.15, -0.1) is 0 Å². The van der Waals surface area contributed by atoms with Crippen LogP contribution in [0, 0.1) is 5.82 Å². The van der Waals surface area contributed by atoms with Crippen molar-refractivity contribution in [1.29, 1.82) is 0 Å². The average Bonchev–Trinajstić information content (AvgIpc) is 3.45. The topological polar surface area (TPSA) is 89.2 Å². The van der Waals surface area contributed by atoms with Crippen molar-refractivity contribution in [3.63, 3.8) is 0 Å². The second-order valence-electron chi connectivity index (χ2n) is 7.57. The van der Waals surface area contributed by atoms with E-state index in [4.69, 9.17) is 25.5 Å². The molecular weight excluding hydrogens is 465 g/mol. The Balaban J connectivity index is 1.79. The average molecular weight is 486 g/mol. The molecule has 1 unspecified atom stereocenters. The Hall–Kier alpha value is -3.78. The van der Waals surface area contributed by atoms with E-state index in [0.717, 1.165) is 5.56 Å². The number of aliphatic hydroxyl groups excluding tert-OH is 1. The van der Waals surface area contributed by atoms with Crippen molar-refractivity contribution in [2.75, 3.05) is 20.8 Å². The zero-order valence-electron chi connectivity index (χ0n) is 18.4. The van der Waals surface area contributed by atoms with Gasteiger partial charge in [-0.2, -0.15) is 0 Å². The van der Waals surface area contributed by atoms with Gasteiger partial charge in [-0.3, -0.25) is 9.59 Å². The predicted molar refractivity (Wildman–Crippen MR) is 122 cm³/mol. The van der Waals surface area contributed by atoms with Crippen LogP contribution in [0.4, 0.5) is 4.39 Å². The molecule has 0 spiro atoms. The van der Waals surface area contributed by atoms with Gasteiger partial charge in [0.2, 0.25) is 0 Å². The lowest BCUT2D eigenvalue weighted by molar-refractivity contribution is -0.140. The highest BCUT2D eigenvalue weighted by Gasteiger charge is 2.47. The summed E-state index contributed by atoms with van der Waals surface area (Å²) < 4.78 is 29.3. The number of furan rings is 1. The van der Waals surface area contributed by atoms with E-state index < -0.39 is 23.5 Å². The minimum atomic E-state index is -0.971. The lowest BCUT2D eigenvalue weighted by Gasteiger charge is -2.23. The van der Waals surface area contributed by atoms with Crippen molar-refractivity contribution in [3.05, 3.63) is 88.1 Å². The molecule has 1 saturated heterocycles. The van der Waals surface area contributed by atoms with Crippen LogP contribution in [0.1, 0.15) is 22.9 Å². The molecule has 2 heterocycles. The highest BCUT2D eigenvalue weighted by molar-refractivity contribution is 6.46. The van der Waals surface area contributed by atoms with E-state index in [1.54, 1.807) is 24.3 Å². The summed E-state index contributed by atoms with van der Waals surface area (Å²) in [4.78, 5) is 27.4. The minimum absolute atomic E-state index is 0.126. The van der Waals surface area contributed by atoms with Gasteiger partial charge in [0.05, 0.1) is 36.6 Å². The number of ether oxygens (including phenoxy) is 2. The first-order valence-corrected chi connectivity index (χ1v) is 10.7. The van der Waals surface area contributed by atoms with Gasteiger partial charge in [0.15, 0.2) is 0 Å². The molecule has 1 amide bonds. The molecule has 3 aromatic rings. The van der Waals surface area contributed by atoms with E-state index in [0.29, 0.717) is 17.9 Å². The molecule has 4 rings (SSSR count). The number of ketones is 1. The number of methoxy groups -OCH3 is 2. The second kappa shape index (κ2) is 9.61.